The second-order valence-electron chi connectivity index (χ2n) is 8.48. The van der Waals surface area contributed by atoms with E-state index in [1.54, 1.807) is 63.2 Å². The van der Waals surface area contributed by atoms with Crippen molar-refractivity contribution in [3.05, 3.63) is 75.3 Å². The lowest BCUT2D eigenvalue weighted by Crippen LogP contribution is -2.29. The SMILES string of the molecule is CCOC(=O)c1sc(N2C(=O)C(=O)C(=C(O)c3ccc(OCC)cc3C)[C@H]2c2ccc(OC)cc2)nc1C. The molecular formula is C28H28N2O7S. The molecule has 3 aromatic rings. The van der Waals surface area contributed by atoms with Gasteiger partial charge in [-0.25, -0.2) is 9.78 Å². The number of aliphatic hydroxyl groups is 1. The number of amides is 1. The van der Waals surface area contributed by atoms with Gasteiger partial charge in [-0.2, -0.15) is 0 Å². The van der Waals surface area contributed by atoms with E-state index in [1.807, 2.05) is 6.92 Å². The number of esters is 1. The highest BCUT2D eigenvalue weighted by atomic mass is 32.1. The molecule has 0 unspecified atom stereocenters. The number of carbonyl (C=O) groups is 3. The van der Waals surface area contributed by atoms with Crippen LogP contribution in [-0.2, 0) is 14.3 Å². The predicted octanol–water partition coefficient (Wildman–Crippen LogP) is 4.97. The Bertz CT molecular complexity index is 1430. The van der Waals surface area contributed by atoms with Gasteiger partial charge in [0, 0.05) is 5.56 Å². The first kappa shape index (κ1) is 26.9. The van der Waals surface area contributed by atoms with Crippen molar-refractivity contribution in [2.75, 3.05) is 25.2 Å². The number of nitrogens with zero attached hydrogens (tertiary/aromatic N) is 2. The van der Waals surface area contributed by atoms with Gasteiger partial charge in [0.05, 0.1) is 37.6 Å². The lowest BCUT2D eigenvalue weighted by atomic mass is 9.94. The first-order chi connectivity index (χ1) is 18.2. The summed E-state index contributed by atoms with van der Waals surface area (Å²) in [5.41, 5.74) is 1.91. The van der Waals surface area contributed by atoms with Crippen LogP contribution in [0, 0.1) is 13.8 Å². The van der Waals surface area contributed by atoms with Crippen LogP contribution in [0.1, 0.15) is 51.9 Å². The zero-order valence-electron chi connectivity index (χ0n) is 21.7. The normalized spacial score (nSPS) is 16.6. The van der Waals surface area contributed by atoms with Gasteiger partial charge < -0.3 is 19.3 Å². The molecular weight excluding hydrogens is 508 g/mol. The molecule has 0 aliphatic carbocycles. The smallest absolute Gasteiger partial charge is 0.350 e. The Balaban J connectivity index is 1.90. The van der Waals surface area contributed by atoms with Crippen LogP contribution in [0.25, 0.3) is 5.76 Å². The number of ether oxygens (including phenoxy) is 3. The molecule has 198 valence electrons. The lowest BCUT2D eigenvalue weighted by Gasteiger charge is -2.23. The number of thiazole rings is 1. The molecule has 1 amide bonds. The van der Waals surface area contributed by atoms with Gasteiger partial charge in [-0.1, -0.05) is 23.5 Å². The maximum absolute atomic E-state index is 13.4. The molecule has 0 radical (unpaired) electrons. The van der Waals surface area contributed by atoms with Gasteiger partial charge in [-0.05, 0) is 69.2 Å². The van der Waals surface area contributed by atoms with Crippen LogP contribution < -0.4 is 14.4 Å². The Morgan fingerprint density at radius 1 is 1.05 bits per heavy atom. The van der Waals surface area contributed by atoms with Crippen molar-refractivity contribution in [3.8, 4) is 11.5 Å². The Labute approximate surface area is 224 Å². The minimum atomic E-state index is -0.993. The molecule has 1 aliphatic rings. The van der Waals surface area contributed by atoms with E-state index in [0.29, 0.717) is 40.5 Å². The number of aromatic nitrogens is 1. The molecule has 0 bridgehead atoms. The minimum Gasteiger partial charge on any atom is -0.507 e. The van der Waals surface area contributed by atoms with Crippen LogP contribution >= 0.6 is 11.3 Å². The van der Waals surface area contributed by atoms with Gasteiger partial charge in [-0.15, -0.1) is 0 Å². The molecule has 9 nitrogen and oxygen atoms in total. The van der Waals surface area contributed by atoms with E-state index < -0.39 is 23.7 Å². The van der Waals surface area contributed by atoms with Crippen molar-refractivity contribution >= 4 is 39.9 Å². The van der Waals surface area contributed by atoms with Crippen molar-refractivity contribution in [1.29, 1.82) is 0 Å². The fourth-order valence-corrected chi connectivity index (χ4v) is 5.29. The Hall–Kier alpha value is -4.18. The van der Waals surface area contributed by atoms with Gasteiger partial charge in [0.15, 0.2) is 5.13 Å². The van der Waals surface area contributed by atoms with Crippen LogP contribution in [-0.4, -0.2) is 48.1 Å². The Morgan fingerprint density at radius 3 is 2.34 bits per heavy atom. The molecule has 1 N–H and O–H groups in total. The van der Waals surface area contributed by atoms with Crippen LogP contribution in [0.15, 0.2) is 48.0 Å². The number of hydrogen-bond acceptors (Lipinski definition) is 9. The van der Waals surface area contributed by atoms with Crippen molar-refractivity contribution in [3.63, 3.8) is 0 Å². The quantitative estimate of drug-likeness (QED) is 0.186. The van der Waals surface area contributed by atoms with Gasteiger partial charge in [-0.3, -0.25) is 14.5 Å². The molecule has 0 saturated carbocycles. The number of carbonyl (C=O) groups excluding carboxylic acids is 3. The van der Waals surface area contributed by atoms with E-state index in [1.165, 1.54) is 12.0 Å². The van der Waals surface area contributed by atoms with Gasteiger partial charge in [0.1, 0.15) is 22.1 Å². The van der Waals surface area contributed by atoms with Crippen LogP contribution in [0.5, 0.6) is 11.5 Å². The third-order valence-electron chi connectivity index (χ3n) is 6.09. The molecule has 4 rings (SSSR count). The van der Waals surface area contributed by atoms with E-state index in [0.717, 1.165) is 11.3 Å². The highest BCUT2D eigenvalue weighted by molar-refractivity contribution is 7.17. The van der Waals surface area contributed by atoms with Crippen molar-refractivity contribution < 1.29 is 33.7 Å². The van der Waals surface area contributed by atoms with Crippen molar-refractivity contribution in [2.24, 2.45) is 0 Å². The second kappa shape index (κ2) is 11.1. The third-order valence-corrected chi connectivity index (χ3v) is 7.23. The molecule has 1 aliphatic heterocycles. The number of rotatable bonds is 8. The summed E-state index contributed by atoms with van der Waals surface area (Å²) in [4.78, 5) is 45.2. The molecule has 10 heteroatoms. The van der Waals surface area contributed by atoms with Gasteiger partial charge in [0.25, 0.3) is 5.78 Å². The van der Waals surface area contributed by atoms with E-state index in [9.17, 15) is 19.5 Å². The number of aryl methyl sites for hydroxylation is 2. The topological polar surface area (TPSA) is 115 Å². The average Bonchev–Trinajstić information content (AvgIpc) is 3.41. The van der Waals surface area contributed by atoms with Crippen LogP contribution in [0.2, 0.25) is 0 Å². The number of methoxy groups -OCH3 is 1. The average molecular weight is 537 g/mol. The number of aliphatic hydroxyl groups excluding tert-OH is 1. The second-order valence-corrected chi connectivity index (χ2v) is 9.46. The largest absolute Gasteiger partial charge is 0.507 e. The Morgan fingerprint density at radius 2 is 1.74 bits per heavy atom. The molecule has 2 aromatic carbocycles. The van der Waals surface area contributed by atoms with E-state index >= 15 is 0 Å². The first-order valence-corrected chi connectivity index (χ1v) is 12.9. The summed E-state index contributed by atoms with van der Waals surface area (Å²) in [7, 11) is 1.53. The Kier molecular flexibility index (Phi) is 7.82. The van der Waals surface area contributed by atoms with Crippen molar-refractivity contribution in [2.45, 2.75) is 33.7 Å². The third kappa shape index (κ3) is 4.87. The summed E-state index contributed by atoms with van der Waals surface area (Å²) in [6.45, 7) is 7.64. The summed E-state index contributed by atoms with van der Waals surface area (Å²) in [6, 6.07) is 10.9. The monoisotopic (exact) mass is 536 g/mol. The molecule has 1 aromatic heterocycles. The van der Waals surface area contributed by atoms with E-state index in [2.05, 4.69) is 4.98 Å². The van der Waals surface area contributed by atoms with Crippen molar-refractivity contribution in [1.82, 2.24) is 4.98 Å². The number of benzene rings is 2. The molecule has 1 fully saturated rings. The maximum atomic E-state index is 13.4. The zero-order valence-corrected chi connectivity index (χ0v) is 22.5. The number of anilines is 1. The number of ketones is 1. The summed E-state index contributed by atoms with van der Waals surface area (Å²) in [5, 5.41) is 11.6. The minimum absolute atomic E-state index is 0.0852. The highest BCUT2D eigenvalue weighted by Gasteiger charge is 2.48. The number of Topliss-reactive ketones (excluding diaryl/α,β-unsaturated/α-hetero) is 1. The predicted molar refractivity (Wildman–Crippen MR) is 143 cm³/mol. The number of hydrogen-bond donors (Lipinski definition) is 1. The highest BCUT2D eigenvalue weighted by Crippen LogP contribution is 2.44. The lowest BCUT2D eigenvalue weighted by molar-refractivity contribution is -0.132. The summed E-state index contributed by atoms with van der Waals surface area (Å²) < 4.78 is 15.9. The fraction of sp³-hybridized carbons (Fsp3) is 0.286. The maximum Gasteiger partial charge on any atom is 0.350 e. The summed E-state index contributed by atoms with van der Waals surface area (Å²) in [5.74, 6) is -1.38. The molecule has 1 atom stereocenters. The van der Waals surface area contributed by atoms with E-state index in [4.69, 9.17) is 14.2 Å². The standard InChI is InChI=1S/C28H28N2O7S/c1-6-36-19-12-13-20(15(3)14-19)23(31)21-22(17-8-10-18(35-5)11-9-17)30(26(33)24(21)32)28-29-16(4)25(38-28)27(34)37-7-2/h8-14,22,31H,6-7H2,1-5H3/t22-/m1/s1. The van der Waals surface area contributed by atoms with Crippen LogP contribution in [0.4, 0.5) is 5.13 Å². The summed E-state index contributed by atoms with van der Waals surface area (Å²) in [6.07, 6.45) is 0. The fourth-order valence-electron chi connectivity index (χ4n) is 4.31. The molecule has 2 heterocycles. The summed E-state index contributed by atoms with van der Waals surface area (Å²) >= 11 is 0.959. The zero-order chi connectivity index (χ0) is 27.6. The molecule has 0 spiro atoms. The molecule has 38 heavy (non-hydrogen) atoms. The van der Waals surface area contributed by atoms with Crippen LogP contribution in [0.3, 0.4) is 0 Å². The van der Waals surface area contributed by atoms with E-state index in [-0.39, 0.29) is 27.9 Å². The van der Waals surface area contributed by atoms with Gasteiger partial charge >= 0.3 is 11.9 Å². The first-order valence-electron chi connectivity index (χ1n) is 12.0. The van der Waals surface area contributed by atoms with Gasteiger partial charge in [0.2, 0.25) is 0 Å². The molecule has 1 saturated heterocycles.